The van der Waals surface area contributed by atoms with Crippen LogP contribution in [0.5, 0.6) is 0 Å². The molecule has 0 atom stereocenters. The molecule has 0 saturated heterocycles. The number of anilines is 1. The van der Waals surface area contributed by atoms with Gasteiger partial charge in [0.1, 0.15) is 21.7 Å². The monoisotopic (exact) mass is 589 g/mol. The van der Waals surface area contributed by atoms with Crippen molar-refractivity contribution < 1.29 is 4.39 Å². The van der Waals surface area contributed by atoms with Gasteiger partial charge in [0, 0.05) is 18.5 Å². The molecule has 2 aromatic carbocycles. The molecule has 1 aromatic heterocycles. The first-order valence-electron chi connectivity index (χ1n) is 13.0. The predicted molar refractivity (Wildman–Crippen MR) is 177 cm³/mol. The number of benzene rings is 2. The quantitative estimate of drug-likeness (QED) is 0.229. The van der Waals surface area contributed by atoms with Gasteiger partial charge in [-0.3, -0.25) is 0 Å². The maximum Gasteiger partial charge on any atom is 0.180 e. The minimum absolute atomic E-state index is 0.312. The van der Waals surface area contributed by atoms with Crippen LogP contribution in [0, 0.1) is 5.82 Å². The Morgan fingerprint density at radius 3 is 2.23 bits per heavy atom. The van der Waals surface area contributed by atoms with Crippen LogP contribution in [-0.4, -0.2) is 24.0 Å². The van der Waals surface area contributed by atoms with Gasteiger partial charge in [-0.05, 0) is 46.9 Å². The zero-order valence-electron chi connectivity index (χ0n) is 24.4. The van der Waals surface area contributed by atoms with Crippen molar-refractivity contribution >= 4 is 45.7 Å². The van der Waals surface area contributed by atoms with Crippen molar-refractivity contribution in [3.05, 3.63) is 106 Å². The molecule has 214 valence electrons. The average Bonchev–Trinajstić information content (AvgIpc) is 3.48. The molecule has 0 bridgehead atoms. The van der Waals surface area contributed by atoms with Crippen molar-refractivity contribution in [1.82, 2.24) is 4.90 Å². The number of halogens is 1. The molecule has 0 saturated carbocycles. The van der Waals surface area contributed by atoms with Gasteiger partial charge in [-0.15, -0.1) is 23.1 Å². The molecule has 4 rings (SSSR count). The highest BCUT2D eigenvalue weighted by atomic mass is 32.2. The van der Waals surface area contributed by atoms with Crippen molar-refractivity contribution in [2.75, 3.05) is 18.3 Å². The normalized spacial score (nSPS) is 12.3. The van der Waals surface area contributed by atoms with E-state index in [1.807, 2.05) is 84.5 Å². The number of aliphatic imine (C=N–C) groups is 1. The lowest BCUT2D eigenvalue weighted by atomic mass is 10.2. The molecule has 39 heavy (non-hydrogen) atoms. The molecule has 2 heterocycles. The number of rotatable bonds is 5. The Balaban J connectivity index is 0.00000128. The molecule has 0 radical (unpaired) electrons. The summed E-state index contributed by atoms with van der Waals surface area (Å²) in [6, 6.07) is 18.5. The van der Waals surface area contributed by atoms with E-state index in [1.165, 1.54) is 45.8 Å². The van der Waals surface area contributed by atoms with Crippen LogP contribution in [0.4, 0.5) is 9.39 Å². The maximum atomic E-state index is 13.5. The van der Waals surface area contributed by atoms with Gasteiger partial charge >= 0.3 is 0 Å². The molecule has 0 amide bonds. The number of nitrogens with two attached hydrogens (primary N) is 2. The third-order valence-electron chi connectivity index (χ3n) is 4.58. The minimum atomic E-state index is -0.312. The molecule has 1 aliphatic rings. The van der Waals surface area contributed by atoms with Crippen molar-refractivity contribution in [3.63, 3.8) is 0 Å². The first-order valence-corrected chi connectivity index (χ1v) is 16.0. The summed E-state index contributed by atoms with van der Waals surface area (Å²) in [4.78, 5) is 7.55. The molecular formula is C30H44FN5S3. The van der Waals surface area contributed by atoms with Gasteiger partial charge in [-0.25, -0.2) is 20.2 Å². The van der Waals surface area contributed by atoms with Gasteiger partial charge in [0.05, 0.1) is 5.56 Å². The number of hydrazine groups is 1. The summed E-state index contributed by atoms with van der Waals surface area (Å²) >= 11 is 4.38. The van der Waals surface area contributed by atoms with Crippen LogP contribution in [0.2, 0.25) is 0 Å². The highest BCUT2D eigenvalue weighted by molar-refractivity contribution is 8.03. The summed E-state index contributed by atoms with van der Waals surface area (Å²) in [6.07, 6.45) is 1.98. The van der Waals surface area contributed by atoms with E-state index in [1.54, 1.807) is 29.3 Å². The Kier molecular flexibility index (Phi) is 19.7. The largest absolute Gasteiger partial charge is 0.390 e. The Morgan fingerprint density at radius 1 is 1.05 bits per heavy atom. The smallest absolute Gasteiger partial charge is 0.180 e. The average molecular weight is 590 g/mol. The summed E-state index contributed by atoms with van der Waals surface area (Å²) in [5.41, 5.74) is 8.48. The molecule has 0 fully saturated rings. The molecule has 3 aromatic rings. The first-order chi connectivity index (χ1) is 18.9. The molecule has 1 aliphatic heterocycles. The Hall–Kier alpha value is -2.72. The summed E-state index contributed by atoms with van der Waals surface area (Å²) in [5, 5.41) is 6.55. The maximum absolute atomic E-state index is 13.5. The Labute approximate surface area is 247 Å². The zero-order chi connectivity index (χ0) is 29.8. The molecule has 5 nitrogen and oxygen atoms in total. The lowest BCUT2D eigenvalue weighted by Gasteiger charge is -2.30. The fourth-order valence-corrected chi connectivity index (χ4v) is 4.70. The van der Waals surface area contributed by atoms with Crippen LogP contribution in [0.15, 0.2) is 98.8 Å². The standard InChI is InChI=1S/C21H20FN5S2.C3H6S.3C2H6/c1-26(13-14-6-3-2-4-7-14)19-17-10-11-28-21(17)27(24)20(25-19)18(23)29-16-9-5-8-15(22)12-16;1-3-4-2;3*1-2/h2-12H,13,23-24H2,1H3;3H,1H2,2H3;3*1-2H3/b20-18+;;;;. The second kappa shape index (κ2) is 21.1. The molecule has 0 aliphatic carbocycles. The van der Waals surface area contributed by atoms with Crippen LogP contribution in [0.3, 0.4) is 0 Å². The highest BCUT2D eigenvalue weighted by Gasteiger charge is 2.27. The van der Waals surface area contributed by atoms with E-state index in [9.17, 15) is 4.39 Å². The van der Waals surface area contributed by atoms with Crippen LogP contribution < -0.4 is 16.6 Å². The van der Waals surface area contributed by atoms with Gasteiger partial charge in [-0.2, -0.15) is 0 Å². The van der Waals surface area contributed by atoms with E-state index in [0.29, 0.717) is 22.3 Å². The third kappa shape index (κ3) is 11.5. The number of amidine groups is 1. The second-order valence-electron chi connectivity index (χ2n) is 6.94. The fourth-order valence-electron chi connectivity index (χ4n) is 3.07. The second-order valence-corrected chi connectivity index (χ2v) is 9.75. The van der Waals surface area contributed by atoms with Gasteiger partial charge in [0.15, 0.2) is 5.82 Å². The minimum Gasteiger partial charge on any atom is -0.390 e. The number of hydrogen-bond acceptors (Lipinski definition) is 8. The summed E-state index contributed by atoms with van der Waals surface area (Å²) in [5.74, 6) is 7.26. The summed E-state index contributed by atoms with van der Waals surface area (Å²) in [6.45, 7) is 16.1. The van der Waals surface area contributed by atoms with Gasteiger partial charge in [0.25, 0.3) is 0 Å². The zero-order valence-corrected chi connectivity index (χ0v) is 26.9. The Morgan fingerprint density at radius 2 is 1.67 bits per heavy atom. The number of thioether (sulfide) groups is 2. The molecule has 0 unspecified atom stereocenters. The summed E-state index contributed by atoms with van der Waals surface area (Å²) in [7, 11) is 1.99. The van der Waals surface area contributed by atoms with E-state index >= 15 is 0 Å². The molecule has 0 spiro atoms. The first kappa shape index (κ1) is 36.3. The van der Waals surface area contributed by atoms with E-state index in [-0.39, 0.29) is 5.82 Å². The van der Waals surface area contributed by atoms with Crippen LogP contribution >= 0.6 is 34.9 Å². The van der Waals surface area contributed by atoms with E-state index in [4.69, 9.17) is 16.6 Å². The topological polar surface area (TPSA) is 70.9 Å². The van der Waals surface area contributed by atoms with Crippen LogP contribution in [0.1, 0.15) is 52.7 Å². The van der Waals surface area contributed by atoms with Crippen LogP contribution in [-0.2, 0) is 6.54 Å². The molecule has 9 heteroatoms. The van der Waals surface area contributed by atoms with Crippen molar-refractivity contribution in [1.29, 1.82) is 0 Å². The lowest BCUT2D eigenvalue weighted by molar-refractivity contribution is 0.499. The predicted octanol–water partition coefficient (Wildman–Crippen LogP) is 8.91. The van der Waals surface area contributed by atoms with Crippen molar-refractivity contribution in [3.8, 4) is 0 Å². The van der Waals surface area contributed by atoms with Gasteiger partial charge in [-0.1, -0.05) is 96.3 Å². The van der Waals surface area contributed by atoms with Crippen LogP contribution in [0.25, 0.3) is 0 Å². The van der Waals surface area contributed by atoms with Gasteiger partial charge < -0.3 is 10.6 Å². The molecule has 4 N–H and O–H groups in total. The number of hydrogen-bond donors (Lipinski definition) is 2. The van der Waals surface area contributed by atoms with E-state index in [0.717, 1.165) is 16.4 Å². The lowest BCUT2D eigenvalue weighted by Crippen LogP contribution is -2.38. The number of thiophene rings is 1. The highest BCUT2D eigenvalue weighted by Crippen LogP contribution is 2.37. The third-order valence-corrected chi connectivity index (χ3v) is 6.72. The van der Waals surface area contributed by atoms with Crippen molar-refractivity contribution in [2.24, 2.45) is 16.6 Å². The molecular weight excluding hydrogens is 546 g/mol. The SMILES string of the molecule is C=CSC.CC.CC.CC.CN(Cc1ccccc1)C1=N/C(=C(/N)Sc2cccc(F)c2)N(N)c2sccc21. The van der Waals surface area contributed by atoms with E-state index in [2.05, 4.69) is 23.6 Å². The van der Waals surface area contributed by atoms with E-state index < -0.39 is 0 Å². The van der Waals surface area contributed by atoms with Crippen molar-refractivity contribution in [2.45, 2.75) is 53.0 Å². The number of nitrogens with zero attached hydrogens (tertiary/aromatic N) is 3. The fraction of sp³-hybridized carbons (Fsp3) is 0.300. The van der Waals surface area contributed by atoms with Gasteiger partial charge in [0.2, 0.25) is 0 Å². The summed E-state index contributed by atoms with van der Waals surface area (Å²) < 4.78 is 13.5. The number of fused-ring (bicyclic) bond motifs is 1. The Bertz CT molecular complexity index is 1150.